The number of carbonyl (C=O) groups is 2. The normalized spacial score (nSPS) is 12.9. The van der Waals surface area contributed by atoms with E-state index in [-0.39, 0.29) is 25.0 Å². The molecule has 0 saturated carbocycles. The highest BCUT2D eigenvalue weighted by Gasteiger charge is 2.30. The molecule has 0 aromatic heterocycles. The lowest BCUT2D eigenvalue weighted by atomic mass is 10.0. The van der Waals surface area contributed by atoms with Crippen LogP contribution in [0.3, 0.4) is 0 Å². The number of fused-ring (bicyclic) bond motifs is 1. The molecule has 1 atom stereocenters. The van der Waals surface area contributed by atoms with Gasteiger partial charge in [0.25, 0.3) is 0 Å². The minimum atomic E-state index is -0.615. The fourth-order valence-electron chi connectivity index (χ4n) is 4.25. The maximum Gasteiger partial charge on any atom is 0.243 e. The lowest BCUT2D eigenvalue weighted by Gasteiger charge is -2.32. The third-order valence-electron chi connectivity index (χ3n) is 6.22. The second-order valence-electron chi connectivity index (χ2n) is 9.54. The number of nitrogens with zero attached hydrogens (tertiary/aromatic N) is 1. The van der Waals surface area contributed by atoms with E-state index >= 15 is 0 Å². The smallest absolute Gasteiger partial charge is 0.243 e. The summed E-state index contributed by atoms with van der Waals surface area (Å²) in [6, 6.07) is 24.9. The Morgan fingerprint density at radius 3 is 2.22 bits per heavy atom. The van der Waals surface area contributed by atoms with Gasteiger partial charge in [0.2, 0.25) is 18.6 Å². The van der Waals surface area contributed by atoms with Gasteiger partial charge in [-0.3, -0.25) is 9.59 Å². The van der Waals surface area contributed by atoms with Gasteiger partial charge in [0.05, 0.1) is 0 Å². The second kappa shape index (κ2) is 12.2. The largest absolute Gasteiger partial charge is 0.454 e. The van der Waals surface area contributed by atoms with Gasteiger partial charge < -0.3 is 19.7 Å². The van der Waals surface area contributed by atoms with Crippen molar-refractivity contribution in [3.63, 3.8) is 0 Å². The van der Waals surface area contributed by atoms with E-state index in [1.54, 1.807) is 4.90 Å². The van der Waals surface area contributed by atoms with E-state index in [9.17, 15) is 9.59 Å². The SMILES string of the molecule is CC(C)CNC(=O)[C@H](Cc1ccccc1)N(Cc1ccccc1)C(=O)CCc1ccc2c(c1)OCO2. The number of amides is 2. The van der Waals surface area contributed by atoms with Crippen LogP contribution in [-0.4, -0.2) is 36.1 Å². The van der Waals surface area contributed by atoms with Crippen molar-refractivity contribution in [2.75, 3.05) is 13.3 Å². The third kappa shape index (κ3) is 6.87. The van der Waals surface area contributed by atoms with Crippen LogP contribution < -0.4 is 14.8 Å². The lowest BCUT2D eigenvalue weighted by Crippen LogP contribution is -2.51. The fourth-order valence-corrected chi connectivity index (χ4v) is 4.25. The van der Waals surface area contributed by atoms with Crippen LogP contribution in [0.1, 0.15) is 37.0 Å². The Labute approximate surface area is 213 Å². The van der Waals surface area contributed by atoms with Gasteiger partial charge in [-0.2, -0.15) is 0 Å². The summed E-state index contributed by atoms with van der Waals surface area (Å²) < 4.78 is 10.9. The van der Waals surface area contributed by atoms with Gasteiger partial charge in [0.1, 0.15) is 6.04 Å². The van der Waals surface area contributed by atoms with Crippen molar-refractivity contribution in [2.45, 2.75) is 45.7 Å². The summed E-state index contributed by atoms with van der Waals surface area (Å²) in [6.07, 6.45) is 1.29. The summed E-state index contributed by atoms with van der Waals surface area (Å²) in [5.41, 5.74) is 3.00. The molecular formula is C30H34N2O4. The molecule has 1 aliphatic rings. The molecule has 1 N–H and O–H groups in total. The summed E-state index contributed by atoms with van der Waals surface area (Å²) in [6.45, 7) is 5.27. The second-order valence-corrected chi connectivity index (χ2v) is 9.54. The van der Waals surface area contributed by atoms with Gasteiger partial charge in [0, 0.05) is 25.9 Å². The topological polar surface area (TPSA) is 67.9 Å². The average Bonchev–Trinajstić information content (AvgIpc) is 3.37. The van der Waals surface area contributed by atoms with Gasteiger partial charge in [-0.05, 0) is 41.2 Å². The van der Waals surface area contributed by atoms with Gasteiger partial charge in [-0.25, -0.2) is 0 Å². The Kier molecular flexibility index (Phi) is 8.61. The van der Waals surface area contributed by atoms with E-state index in [4.69, 9.17) is 9.47 Å². The van der Waals surface area contributed by atoms with Crippen molar-refractivity contribution in [3.8, 4) is 11.5 Å². The lowest BCUT2D eigenvalue weighted by molar-refractivity contribution is -0.141. The highest BCUT2D eigenvalue weighted by atomic mass is 16.7. The van der Waals surface area contributed by atoms with Crippen molar-refractivity contribution in [2.24, 2.45) is 5.92 Å². The van der Waals surface area contributed by atoms with Gasteiger partial charge in [-0.15, -0.1) is 0 Å². The highest BCUT2D eigenvalue weighted by Crippen LogP contribution is 2.33. The van der Waals surface area contributed by atoms with E-state index in [2.05, 4.69) is 19.2 Å². The quantitative estimate of drug-likeness (QED) is 0.424. The molecule has 1 heterocycles. The molecule has 3 aromatic carbocycles. The number of aryl methyl sites for hydroxylation is 1. The van der Waals surface area contributed by atoms with Crippen molar-refractivity contribution in [3.05, 3.63) is 95.6 Å². The molecule has 0 aliphatic carbocycles. The first-order valence-corrected chi connectivity index (χ1v) is 12.5. The van der Waals surface area contributed by atoms with E-state index in [1.807, 2.05) is 78.9 Å². The molecule has 0 unspecified atom stereocenters. The molecule has 3 aromatic rings. The summed E-state index contributed by atoms with van der Waals surface area (Å²) in [5.74, 6) is 1.56. The van der Waals surface area contributed by atoms with Crippen LogP contribution >= 0.6 is 0 Å². The van der Waals surface area contributed by atoms with Crippen LogP contribution in [0.5, 0.6) is 11.5 Å². The Bertz CT molecular complexity index is 1150. The van der Waals surface area contributed by atoms with Crippen LogP contribution in [0.15, 0.2) is 78.9 Å². The fraction of sp³-hybridized carbons (Fsp3) is 0.333. The maximum atomic E-state index is 13.7. The summed E-state index contributed by atoms with van der Waals surface area (Å²) in [4.78, 5) is 28.9. The predicted octanol–water partition coefficient (Wildman–Crippen LogP) is 4.76. The first-order valence-electron chi connectivity index (χ1n) is 12.5. The zero-order valence-electron chi connectivity index (χ0n) is 21.0. The molecule has 2 amide bonds. The van der Waals surface area contributed by atoms with Crippen LogP contribution in [-0.2, 0) is 29.0 Å². The Balaban J connectivity index is 1.57. The molecule has 4 rings (SSSR count). The third-order valence-corrected chi connectivity index (χ3v) is 6.22. The molecule has 0 spiro atoms. The molecule has 0 bridgehead atoms. The maximum absolute atomic E-state index is 13.7. The minimum absolute atomic E-state index is 0.0582. The number of rotatable bonds is 11. The van der Waals surface area contributed by atoms with E-state index in [1.165, 1.54) is 0 Å². The minimum Gasteiger partial charge on any atom is -0.454 e. The van der Waals surface area contributed by atoms with Gasteiger partial charge >= 0.3 is 0 Å². The molecule has 188 valence electrons. The predicted molar refractivity (Wildman–Crippen MR) is 140 cm³/mol. The molecule has 36 heavy (non-hydrogen) atoms. The number of ether oxygens (including phenoxy) is 2. The Hall–Kier alpha value is -3.80. The first-order chi connectivity index (χ1) is 17.5. The number of carbonyl (C=O) groups excluding carboxylic acids is 2. The van der Waals surface area contributed by atoms with Gasteiger partial charge in [0.15, 0.2) is 11.5 Å². The van der Waals surface area contributed by atoms with E-state index < -0.39 is 6.04 Å². The van der Waals surface area contributed by atoms with E-state index in [0.29, 0.717) is 37.6 Å². The van der Waals surface area contributed by atoms with Crippen molar-refractivity contribution in [1.29, 1.82) is 0 Å². The van der Waals surface area contributed by atoms with E-state index in [0.717, 1.165) is 22.4 Å². The highest BCUT2D eigenvalue weighted by molar-refractivity contribution is 5.88. The van der Waals surface area contributed by atoms with Crippen LogP contribution in [0, 0.1) is 5.92 Å². The average molecular weight is 487 g/mol. The van der Waals surface area contributed by atoms with Gasteiger partial charge in [-0.1, -0.05) is 80.6 Å². The summed E-state index contributed by atoms with van der Waals surface area (Å²) >= 11 is 0. The molecule has 1 aliphatic heterocycles. The molecule has 0 saturated heterocycles. The number of hydrogen-bond acceptors (Lipinski definition) is 4. The number of hydrogen-bond donors (Lipinski definition) is 1. The standard InChI is InChI=1S/C30H34N2O4/c1-22(2)19-31-30(34)26(17-23-9-5-3-6-10-23)32(20-25-11-7-4-8-12-25)29(33)16-14-24-13-15-27-28(18-24)36-21-35-27/h3-13,15,18,22,26H,14,16-17,19-21H2,1-2H3,(H,31,34)/t26-/m0/s1. The zero-order valence-corrected chi connectivity index (χ0v) is 21.0. The molecule has 0 fully saturated rings. The summed E-state index contributed by atoms with van der Waals surface area (Å²) in [5, 5.41) is 3.06. The van der Waals surface area contributed by atoms with Crippen LogP contribution in [0.2, 0.25) is 0 Å². The molecule has 6 nitrogen and oxygen atoms in total. The Morgan fingerprint density at radius 2 is 1.53 bits per heavy atom. The molecular weight excluding hydrogens is 452 g/mol. The first kappa shape index (κ1) is 25.3. The molecule has 0 radical (unpaired) electrons. The number of benzene rings is 3. The molecule has 6 heteroatoms. The number of nitrogens with one attached hydrogen (secondary N) is 1. The van der Waals surface area contributed by atoms with Crippen molar-refractivity contribution < 1.29 is 19.1 Å². The van der Waals surface area contributed by atoms with Crippen LogP contribution in [0.25, 0.3) is 0 Å². The Morgan fingerprint density at radius 1 is 0.861 bits per heavy atom. The monoisotopic (exact) mass is 486 g/mol. The van der Waals surface area contributed by atoms with Crippen molar-refractivity contribution in [1.82, 2.24) is 10.2 Å². The summed E-state index contributed by atoms with van der Waals surface area (Å²) in [7, 11) is 0. The van der Waals surface area contributed by atoms with Crippen LogP contribution in [0.4, 0.5) is 0 Å². The zero-order chi connectivity index (χ0) is 25.3. The van der Waals surface area contributed by atoms with Crippen molar-refractivity contribution >= 4 is 11.8 Å².